The molecule has 34 heavy (non-hydrogen) atoms. The number of hydrogen-bond acceptors (Lipinski definition) is 2. The number of nitrogens with zero attached hydrogens (tertiary/aromatic N) is 2. The highest BCUT2D eigenvalue weighted by atomic mass is 15.4. The topological polar surface area (TPSA) is 6.48 Å². The normalized spacial score (nSPS) is 14.1. The van der Waals surface area contributed by atoms with E-state index in [9.17, 15) is 0 Å². The lowest BCUT2D eigenvalue weighted by atomic mass is 10.1. The second-order valence-electron chi connectivity index (χ2n) is 11.1. The van der Waals surface area contributed by atoms with Crippen molar-refractivity contribution in [1.29, 1.82) is 0 Å². The van der Waals surface area contributed by atoms with Crippen molar-refractivity contribution in [3.05, 3.63) is 12.4 Å². The second kappa shape index (κ2) is 24.1. The number of rotatable bonds is 26. The molecule has 0 fully saturated rings. The lowest BCUT2D eigenvalue weighted by molar-refractivity contribution is 0.135. The van der Waals surface area contributed by atoms with Gasteiger partial charge in [-0.1, -0.05) is 149 Å². The van der Waals surface area contributed by atoms with Crippen molar-refractivity contribution < 1.29 is 0 Å². The van der Waals surface area contributed by atoms with Gasteiger partial charge in [-0.3, -0.25) is 0 Å². The number of unbranched alkanes of at least 4 members (excludes halogenated alkanes) is 20. The van der Waals surface area contributed by atoms with Gasteiger partial charge >= 0.3 is 0 Å². The largest absolute Gasteiger partial charge is 0.356 e. The van der Waals surface area contributed by atoms with Crippen LogP contribution in [0.25, 0.3) is 0 Å². The average Bonchev–Trinajstić information content (AvgIpc) is 3.23. The molecule has 2 heteroatoms. The molecule has 1 aliphatic rings. The lowest BCUT2D eigenvalue weighted by Crippen LogP contribution is -2.39. The third kappa shape index (κ3) is 16.9. The summed E-state index contributed by atoms with van der Waals surface area (Å²) in [6.45, 7) is 9.46. The molecule has 0 bridgehead atoms. The van der Waals surface area contributed by atoms with Gasteiger partial charge in [0.1, 0.15) is 6.17 Å². The summed E-state index contributed by atoms with van der Waals surface area (Å²) in [6.07, 6.45) is 39.5. The molecule has 0 atom stereocenters. The first kappa shape index (κ1) is 31.4. The third-order valence-electron chi connectivity index (χ3n) is 7.82. The van der Waals surface area contributed by atoms with E-state index in [0.29, 0.717) is 6.17 Å². The second-order valence-corrected chi connectivity index (χ2v) is 11.1. The van der Waals surface area contributed by atoms with Crippen molar-refractivity contribution in [3.63, 3.8) is 0 Å². The molecule has 0 aliphatic carbocycles. The van der Waals surface area contributed by atoms with Gasteiger partial charge in [0.25, 0.3) is 0 Å². The Hall–Kier alpha value is -0.660. The van der Waals surface area contributed by atoms with Crippen LogP contribution in [0.15, 0.2) is 12.4 Å². The first-order valence-corrected chi connectivity index (χ1v) is 16.0. The molecule has 2 nitrogen and oxygen atoms in total. The van der Waals surface area contributed by atoms with Gasteiger partial charge in [-0.15, -0.1) is 0 Å². The Morgan fingerprint density at radius 1 is 0.382 bits per heavy atom. The predicted molar refractivity (Wildman–Crippen MR) is 154 cm³/mol. The zero-order valence-corrected chi connectivity index (χ0v) is 24.0. The number of hydrogen-bond donors (Lipinski definition) is 0. The van der Waals surface area contributed by atoms with E-state index < -0.39 is 0 Å². The van der Waals surface area contributed by atoms with Gasteiger partial charge in [0, 0.05) is 25.5 Å². The Balaban J connectivity index is 2.27. The summed E-state index contributed by atoms with van der Waals surface area (Å²) in [4.78, 5) is 5.39. The maximum atomic E-state index is 2.69. The van der Waals surface area contributed by atoms with E-state index in [4.69, 9.17) is 0 Å². The van der Waals surface area contributed by atoms with Crippen molar-refractivity contribution in [3.8, 4) is 0 Å². The minimum Gasteiger partial charge on any atom is -0.356 e. The van der Waals surface area contributed by atoms with Gasteiger partial charge < -0.3 is 9.80 Å². The molecular weight excluding hydrogens is 412 g/mol. The van der Waals surface area contributed by atoms with Crippen molar-refractivity contribution >= 4 is 0 Å². The Kier molecular flexibility index (Phi) is 22.2. The molecule has 0 aromatic carbocycles. The average molecular weight is 477 g/mol. The lowest BCUT2D eigenvalue weighted by Gasteiger charge is -2.33. The van der Waals surface area contributed by atoms with Crippen LogP contribution in [0.2, 0.25) is 0 Å². The Morgan fingerprint density at radius 3 is 1.03 bits per heavy atom. The molecule has 0 spiro atoms. The zero-order valence-electron chi connectivity index (χ0n) is 24.0. The summed E-state index contributed by atoms with van der Waals surface area (Å²) in [5, 5.41) is 0. The summed E-state index contributed by atoms with van der Waals surface area (Å²) in [5.41, 5.74) is 0. The summed E-state index contributed by atoms with van der Waals surface area (Å²) in [5.74, 6) is 0. The molecule has 1 aliphatic heterocycles. The summed E-state index contributed by atoms with van der Waals surface area (Å²) >= 11 is 0. The molecule has 0 saturated heterocycles. The summed E-state index contributed by atoms with van der Waals surface area (Å²) in [7, 11) is 0. The zero-order chi connectivity index (χ0) is 24.5. The predicted octanol–water partition coefficient (Wildman–Crippen LogP) is 10.8. The fourth-order valence-corrected chi connectivity index (χ4v) is 5.48. The molecule has 0 aromatic heterocycles. The van der Waals surface area contributed by atoms with Crippen LogP contribution in [0.5, 0.6) is 0 Å². The minimum atomic E-state index is 0.643. The Labute approximate surface area is 216 Å². The molecular formula is C32H64N2. The van der Waals surface area contributed by atoms with Crippen molar-refractivity contribution in [1.82, 2.24) is 9.80 Å². The highest BCUT2D eigenvalue weighted by Crippen LogP contribution is 2.24. The van der Waals surface area contributed by atoms with Crippen LogP contribution < -0.4 is 0 Å². The quantitative estimate of drug-likeness (QED) is 0.114. The van der Waals surface area contributed by atoms with E-state index in [0.717, 1.165) is 0 Å². The smallest absolute Gasteiger partial charge is 0.101 e. The van der Waals surface area contributed by atoms with Gasteiger partial charge in [0.2, 0.25) is 0 Å². The van der Waals surface area contributed by atoms with Crippen LogP contribution in [0.3, 0.4) is 0 Å². The first-order chi connectivity index (χ1) is 16.8. The molecule has 1 heterocycles. The molecule has 202 valence electrons. The van der Waals surface area contributed by atoms with Gasteiger partial charge in [0.15, 0.2) is 0 Å². The SMILES string of the molecule is CCCCCCCCCCN1C=CN(CCCCCCCCCC)C1CCCCCCCCC. The highest BCUT2D eigenvalue weighted by Gasteiger charge is 2.24. The molecule has 1 rings (SSSR count). The van der Waals surface area contributed by atoms with Gasteiger partial charge in [-0.05, 0) is 25.7 Å². The van der Waals surface area contributed by atoms with E-state index in [1.54, 1.807) is 0 Å². The van der Waals surface area contributed by atoms with Crippen LogP contribution in [-0.2, 0) is 0 Å². The van der Waals surface area contributed by atoms with Crippen molar-refractivity contribution in [2.75, 3.05) is 13.1 Å². The Morgan fingerprint density at radius 2 is 0.676 bits per heavy atom. The van der Waals surface area contributed by atoms with Crippen molar-refractivity contribution in [2.45, 2.75) is 181 Å². The highest BCUT2D eigenvalue weighted by molar-refractivity contribution is 4.97. The molecule has 0 aromatic rings. The molecule has 0 radical (unpaired) electrons. The van der Waals surface area contributed by atoms with E-state index in [2.05, 4.69) is 43.0 Å². The van der Waals surface area contributed by atoms with Crippen LogP contribution in [0.4, 0.5) is 0 Å². The first-order valence-electron chi connectivity index (χ1n) is 16.0. The van der Waals surface area contributed by atoms with Crippen LogP contribution in [0.1, 0.15) is 175 Å². The maximum Gasteiger partial charge on any atom is 0.101 e. The van der Waals surface area contributed by atoms with E-state index in [-0.39, 0.29) is 0 Å². The third-order valence-corrected chi connectivity index (χ3v) is 7.82. The van der Waals surface area contributed by atoms with Crippen LogP contribution in [-0.4, -0.2) is 29.1 Å². The molecule has 0 amide bonds. The fourth-order valence-electron chi connectivity index (χ4n) is 5.48. The monoisotopic (exact) mass is 477 g/mol. The Bertz CT molecular complexity index is 403. The summed E-state index contributed by atoms with van der Waals surface area (Å²) < 4.78 is 0. The maximum absolute atomic E-state index is 2.69. The fraction of sp³-hybridized carbons (Fsp3) is 0.938. The van der Waals surface area contributed by atoms with Gasteiger partial charge in [-0.25, -0.2) is 0 Å². The molecule has 0 N–H and O–H groups in total. The van der Waals surface area contributed by atoms with E-state index in [1.165, 1.54) is 167 Å². The van der Waals surface area contributed by atoms with Crippen LogP contribution in [0, 0.1) is 0 Å². The molecule has 0 unspecified atom stereocenters. The van der Waals surface area contributed by atoms with E-state index in [1.807, 2.05) is 0 Å². The minimum absolute atomic E-state index is 0.643. The van der Waals surface area contributed by atoms with E-state index >= 15 is 0 Å². The standard InChI is InChI=1S/C32H64N2/c1-4-7-10-13-16-19-22-25-28-33-30-31-34(29-26-23-20-17-14-11-8-5-2)32(33)27-24-21-18-15-12-9-6-3/h30-32H,4-29H2,1-3H3. The van der Waals surface area contributed by atoms with Crippen LogP contribution >= 0.6 is 0 Å². The van der Waals surface area contributed by atoms with Gasteiger partial charge in [-0.2, -0.15) is 0 Å². The van der Waals surface area contributed by atoms with Gasteiger partial charge in [0.05, 0.1) is 0 Å². The molecule has 0 saturated carbocycles. The summed E-state index contributed by atoms with van der Waals surface area (Å²) in [6, 6.07) is 0. The van der Waals surface area contributed by atoms with Crippen molar-refractivity contribution in [2.24, 2.45) is 0 Å².